The lowest BCUT2D eigenvalue weighted by atomic mass is 10.1. The molecule has 0 saturated carbocycles. The number of carbonyl (C=O) groups excluding carboxylic acids is 2. The van der Waals surface area contributed by atoms with Gasteiger partial charge in [0.05, 0.1) is 34.8 Å². The van der Waals surface area contributed by atoms with Gasteiger partial charge in [0.25, 0.3) is 10.0 Å². The first kappa shape index (κ1) is 33.0. The summed E-state index contributed by atoms with van der Waals surface area (Å²) in [5.74, 6) is -0.302. The highest BCUT2D eigenvalue weighted by Gasteiger charge is 2.33. The van der Waals surface area contributed by atoms with E-state index in [1.165, 1.54) is 43.4 Å². The van der Waals surface area contributed by atoms with E-state index in [1.807, 2.05) is 13.8 Å². The molecule has 3 aromatic rings. The molecule has 226 valence electrons. The van der Waals surface area contributed by atoms with E-state index in [9.17, 15) is 18.0 Å². The summed E-state index contributed by atoms with van der Waals surface area (Å²) in [6, 6.07) is 14.9. The fourth-order valence-corrected chi connectivity index (χ4v) is 5.89. The number of benzene rings is 3. The zero-order valence-electron chi connectivity index (χ0n) is 24.2. The molecular weight excluding hydrogens is 601 g/mol. The monoisotopic (exact) mass is 635 g/mol. The van der Waals surface area contributed by atoms with Crippen molar-refractivity contribution < 1.29 is 27.5 Å². The summed E-state index contributed by atoms with van der Waals surface area (Å²) >= 11 is 12.3. The van der Waals surface area contributed by atoms with Crippen molar-refractivity contribution in [2.75, 3.05) is 31.6 Å². The van der Waals surface area contributed by atoms with E-state index in [-0.39, 0.29) is 28.8 Å². The highest BCUT2D eigenvalue weighted by atomic mass is 35.5. The van der Waals surface area contributed by atoms with Gasteiger partial charge in [-0.1, -0.05) is 53.9 Å². The van der Waals surface area contributed by atoms with Crippen LogP contribution in [0.4, 0.5) is 5.69 Å². The number of aryl methyl sites for hydroxylation is 1. The van der Waals surface area contributed by atoms with Gasteiger partial charge in [0.1, 0.15) is 12.6 Å². The number of amides is 2. The minimum absolute atomic E-state index is 0.000422. The molecule has 0 unspecified atom stereocenters. The third kappa shape index (κ3) is 7.87. The third-order valence-corrected chi connectivity index (χ3v) is 9.12. The number of sulfonamides is 1. The van der Waals surface area contributed by atoms with Crippen LogP contribution in [0.25, 0.3) is 0 Å². The van der Waals surface area contributed by atoms with Gasteiger partial charge < -0.3 is 19.7 Å². The van der Waals surface area contributed by atoms with Gasteiger partial charge in [-0.15, -0.1) is 0 Å². The van der Waals surface area contributed by atoms with Crippen molar-refractivity contribution in [3.05, 3.63) is 81.8 Å². The number of halogens is 2. The topological polar surface area (TPSA) is 105 Å². The van der Waals surface area contributed by atoms with Crippen LogP contribution in [-0.2, 0) is 26.2 Å². The van der Waals surface area contributed by atoms with E-state index in [1.54, 1.807) is 43.3 Å². The molecule has 0 aliphatic carbocycles. The van der Waals surface area contributed by atoms with Crippen molar-refractivity contribution in [2.45, 2.75) is 44.7 Å². The molecule has 42 heavy (non-hydrogen) atoms. The molecule has 0 saturated heterocycles. The number of methoxy groups -OCH3 is 2. The Morgan fingerprint density at radius 2 is 1.60 bits per heavy atom. The van der Waals surface area contributed by atoms with Crippen LogP contribution in [0.3, 0.4) is 0 Å². The molecule has 9 nitrogen and oxygen atoms in total. The van der Waals surface area contributed by atoms with E-state index in [2.05, 4.69) is 5.32 Å². The highest BCUT2D eigenvalue weighted by molar-refractivity contribution is 7.92. The molecule has 0 bridgehead atoms. The molecule has 0 aliphatic rings. The lowest BCUT2D eigenvalue weighted by Gasteiger charge is -2.32. The standard InChI is InChI=1S/C30H35Cl2N3O6S/c1-6-15-33-30(37)21(3)34(18-22-9-13-25(31)26(32)16-22)29(36)19-35(23-10-14-27(40-4)28(17-23)41-5)42(38,39)24-11-7-20(2)8-12-24/h7-14,16-17,21H,6,15,18-19H2,1-5H3,(H,33,37)/t21-/m0/s1. The molecule has 3 rings (SSSR count). The Bertz CT molecular complexity index is 1520. The molecule has 0 aromatic heterocycles. The molecule has 2 amide bonds. The fourth-order valence-electron chi connectivity index (χ4n) is 4.16. The van der Waals surface area contributed by atoms with E-state index in [0.29, 0.717) is 34.3 Å². The molecule has 0 fully saturated rings. The number of nitrogens with one attached hydrogen (secondary N) is 1. The minimum atomic E-state index is -4.24. The average Bonchev–Trinajstić information content (AvgIpc) is 2.98. The normalized spacial score (nSPS) is 11.9. The van der Waals surface area contributed by atoms with Crippen LogP contribution in [0.1, 0.15) is 31.4 Å². The van der Waals surface area contributed by atoms with E-state index >= 15 is 0 Å². The maximum atomic E-state index is 14.0. The van der Waals surface area contributed by atoms with Crippen molar-refractivity contribution in [1.82, 2.24) is 10.2 Å². The maximum Gasteiger partial charge on any atom is 0.264 e. The fraction of sp³-hybridized carbons (Fsp3) is 0.333. The molecular formula is C30H35Cl2N3O6S. The quantitative estimate of drug-likeness (QED) is 0.267. The molecule has 0 radical (unpaired) electrons. The Morgan fingerprint density at radius 1 is 0.929 bits per heavy atom. The first-order chi connectivity index (χ1) is 19.9. The van der Waals surface area contributed by atoms with Crippen LogP contribution >= 0.6 is 23.2 Å². The lowest BCUT2D eigenvalue weighted by Crippen LogP contribution is -2.51. The summed E-state index contributed by atoms with van der Waals surface area (Å²) in [7, 11) is -1.34. The highest BCUT2D eigenvalue weighted by Crippen LogP contribution is 2.34. The van der Waals surface area contributed by atoms with E-state index in [4.69, 9.17) is 32.7 Å². The number of rotatable bonds is 13. The van der Waals surface area contributed by atoms with Gasteiger partial charge >= 0.3 is 0 Å². The van der Waals surface area contributed by atoms with Crippen LogP contribution < -0.4 is 19.1 Å². The first-order valence-electron chi connectivity index (χ1n) is 13.3. The van der Waals surface area contributed by atoms with Crippen molar-refractivity contribution in [1.29, 1.82) is 0 Å². The Hall–Kier alpha value is -3.47. The van der Waals surface area contributed by atoms with Crippen molar-refractivity contribution in [3.63, 3.8) is 0 Å². The van der Waals surface area contributed by atoms with E-state index < -0.39 is 28.5 Å². The average molecular weight is 637 g/mol. The summed E-state index contributed by atoms with van der Waals surface area (Å²) in [5.41, 5.74) is 1.67. The van der Waals surface area contributed by atoms with Gasteiger partial charge in [-0.05, 0) is 62.2 Å². The Labute approximate surface area is 257 Å². The SMILES string of the molecule is CCCNC(=O)[C@H](C)N(Cc1ccc(Cl)c(Cl)c1)C(=O)CN(c1ccc(OC)c(OC)c1)S(=O)(=O)c1ccc(C)cc1. The van der Waals surface area contributed by atoms with Gasteiger partial charge in [0, 0.05) is 19.2 Å². The molecule has 12 heteroatoms. The molecule has 0 aliphatic heterocycles. The summed E-state index contributed by atoms with van der Waals surface area (Å²) in [6.07, 6.45) is 0.709. The summed E-state index contributed by atoms with van der Waals surface area (Å²) in [4.78, 5) is 28.4. The second kappa shape index (κ2) is 14.6. The van der Waals surface area contributed by atoms with Gasteiger partial charge in [-0.2, -0.15) is 0 Å². The minimum Gasteiger partial charge on any atom is -0.493 e. The van der Waals surface area contributed by atoms with Gasteiger partial charge in [0.2, 0.25) is 11.8 Å². The second-order valence-corrected chi connectivity index (χ2v) is 12.3. The van der Waals surface area contributed by atoms with Crippen LogP contribution in [-0.4, -0.2) is 58.5 Å². The smallest absolute Gasteiger partial charge is 0.264 e. The van der Waals surface area contributed by atoms with Crippen molar-refractivity contribution in [3.8, 4) is 11.5 Å². The lowest BCUT2D eigenvalue weighted by molar-refractivity contribution is -0.139. The summed E-state index contributed by atoms with van der Waals surface area (Å²) in [6.45, 7) is 5.17. The second-order valence-electron chi connectivity index (χ2n) is 9.60. The molecule has 0 spiro atoms. The summed E-state index contributed by atoms with van der Waals surface area (Å²) in [5, 5.41) is 3.44. The van der Waals surface area contributed by atoms with Crippen molar-refractivity contribution in [2.24, 2.45) is 0 Å². The summed E-state index contributed by atoms with van der Waals surface area (Å²) < 4.78 is 39.7. The van der Waals surface area contributed by atoms with Gasteiger partial charge in [-0.3, -0.25) is 13.9 Å². The predicted molar refractivity (Wildman–Crippen MR) is 165 cm³/mol. The molecule has 1 atom stereocenters. The first-order valence-corrected chi connectivity index (χ1v) is 15.4. The zero-order chi connectivity index (χ0) is 31.0. The van der Waals surface area contributed by atoms with Crippen LogP contribution in [0.2, 0.25) is 10.0 Å². The number of anilines is 1. The van der Waals surface area contributed by atoms with Crippen LogP contribution in [0.5, 0.6) is 11.5 Å². The Balaban J connectivity index is 2.09. The maximum absolute atomic E-state index is 14.0. The van der Waals surface area contributed by atoms with E-state index in [0.717, 1.165) is 9.87 Å². The van der Waals surface area contributed by atoms with Crippen LogP contribution in [0.15, 0.2) is 65.6 Å². The number of hydrogen-bond donors (Lipinski definition) is 1. The largest absolute Gasteiger partial charge is 0.493 e. The number of carbonyl (C=O) groups is 2. The Kier molecular flexibility index (Phi) is 11.5. The Morgan fingerprint density at radius 3 is 2.19 bits per heavy atom. The van der Waals surface area contributed by atoms with Gasteiger partial charge in [-0.25, -0.2) is 8.42 Å². The van der Waals surface area contributed by atoms with Gasteiger partial charge in [0.15, 0.2) is 11.5 Å². The predicted octanol–water partition coefficient (Wildman–Crippen LogP) is 5.46. The number of ether oxygens (including phenoxy) is 2. The van der Waals surface area contributed by atoms with Crippen molar-refractivity contribution >= 4 is 50.7 Å². The van der Waals surface area contributed by atoms with Crippen LogP contribution in [0, 0.1) is 6.92 Å². The number of nitrogens with zero attached hydrogens (tertiary/aromatic N) is 2. The molecule has 3 aromatic carbocycles. The zero-order valence-corrected chi connectivity index (χ0v) is 26.5. The number of hydrogen-bond acceptors (Lipinski definition) is 6. The molecule has 1 N–H and O–H groups in total. The molecule has 0 heterocycles. The third-order valence-electron chi connectivity index (χ3n) is 6.60.